The van der Waals surface area contributed by atoms with Gasteiger partial charge in [-0.05, 0) is 30.2 Å². The Bertz CT molecular complexity index is 317. The van der Waals surface area contributed by atoms with E-state index in [0.29, 0.717) is 6.54 Å². The Morgan fingerprint density at radius 2 is 2.20 bits per heavy atom. The quantitative estimate of drug-likeness (QED) is 0.767. The van der Waals surface area contributed by atoms with Crippen LogP contribution in [0.3, 0.4) is 0 Å². The van der Waals surface area contributed by atoms with Crippen LogP contribution in [0.25, 0.3) is 0 Å². The number of nitrogens with one attached hydrogen (secondary N) is 1. The van der Waals surface area contributed by atoms with Gasteiger partial charge in [-0.25, -0.2) is 0 Å². The van der Waals surface area contributed by atoms with Crippen LogP contribution in [0, 0.1) is 0 Å². The second kappa shape index (κ2) is 6.10. The SMILES string of the molecule is CCc1cc(Br)ccc1NCC(O)CO. The lowest BCUT2D eigenvalue weighted by Crippen LogP contribution is -2.23. The topological polar surface area (TPSA) is 52.5 Å². The maximum absolute atomic E-state index is 9.22. The molecule has 0 spiro atoms. The molecule has 1 aromatic rings. The first kappa shape index (κ1) is 12.5. The third-order valence-corrected chi connectivity index (χ3v) is 2.68. The Kier molecular flexibility index (Phi) is 5.08. The Balaban J connectivity index is 2.67. The number of anilines is 1. The maximum atomic E-state index is 9.22. The summed E-state index contributed by atoms with van der Waals surface area (Å²) in [4.78, 5) is 0. The molecular weight excluding hydrogens is 258 g/mol. The molecule has 0 amide bonds. The molecule has 0 bridgehead atoms. The second-order valence-electron chi connectivity index (χ2n) is 3.37. The second-order valence-corrected chi connectivity index (χ2v) is 4.29. The molecule has 0 aliphatic rings. The van der Waals surface area contributed by atoms with Crippen molar-refractivity contribution in [3.63, 3.8) is 0 Å². The predicted molar refractivity (Wildman–Crippen MR) is 65.1 cm³/mol. The molecule has 0 aliphatic carbocycles. The van der Waals surface area contributed by atoms with Crippen molar-refractivity contribution in [1.29, 1.82) is 0 Å². The number of aliphatic hydroxyl groups excluding tert-OH is 2. The van der Waals surface area contributed by atoms with Gasteiger partial charge in [0.25, 0.3) is 0 Å². The molecule has 84 valence electrons. The van der Waals surface area contributed by atoms with Crippen molar-refractivity contribution in [1.82, 2.24) is 0 Å². The molecule has 1 atom stereocenters. The fourth-order valence-electron chi connectivity index (χ4n) is 1.32. The number of aliphatic hydroxyl groups is 2. The smallest absolute Gasteiger partial charge is 0.0942 e. The Morgan fingerprint density at radius 3 is 2.80 bits per heavy atom. The zero-order valence-electron chi connectivity index (χ0n) is 8.70. The highest BCUT2D eigenvalue weighted by molar-refractivity contribution is 9.10. The van der Waals surface area contributed by atoms with Crippen LogP contribution in [0.2, 0.25) is 0 Å². The molecule has 3 N–H and O–H groups in total. The third kappa shape index (κ3) is 3.81. The highest BCUT2D eigenvalue weighted by Crippen LogP contribution is 2.21. The molecule has 0 saturated heterocycles. The van der Waals surface area contributed by atoms with Gasteiger partial charge in [-0.15, -0.1) is 0 Å². The van der Waals surface area contributed by atoms with Crippen molar-refractivity contribution in [3.8, 4) is 0 Å². The van der Waals surface area contributed by atoms with Crippen LogP contribution in [0.5, 0.6) is 0 Å². The van der Waals surface area contributed by atoms with Crippen LogP contribution in [0.4, 0.5) is 5.69 Å². The molecule has 1 rings (SSSR count). The number of hydrogen-bond acceptors (Lipinski definition) is 3. The molecule has 0 radical (unpaired) electrons. The first-order valence-corrected chi connectivity index (χ1v) is 5.78. The van der Waals surface area contributed by atoms with E-state index in [1.54, 1.807) is 0 Å². The van der Waals surface area contributed by atoms with Crippen molar-refractivity contribution in [2.24, 2.45) is 0 Å². The highest BCUT2D eigenvalue weighted by Gasteiger charge is 2.04. The fourth-order valence-corrected chi connectivity index (χ4v) is 1.73. The average molecular weight is 274 g/mol. The van der Waals surface area contributed by atoms with Crippen molar-refractivity contribution in [2.75, 3.05) is 18.5 Å². The van der Waals surface area contributed by atoms with E-state index in [-0.39, 0.29) is 6.61 Å². The van der Waals surface area contributed by atoms with Crippen molar-refractivity contribution < 1.29 is 10.2 Å². The number of aryl methyl sites for hydroxylation is 1. The molecule has 0 aromatic heterocycles. The van der Waals surface area contributed by atoms with Gasteiger partial charge in [0.05, 0.1) is 12.7 Å². The lowest BCUT2D eigenvalue weighted by molar-refractivity contribution is 0.105. The van der Waals surface area contributed by atoms with E-state index in [9.17, 15) is 5.11 Å². The highest BCUT2D eigenvalue weighted by atomic mass is 79.9. The van der Waals surface area contributed by atoms with Gasteiger partial charge < -0.3 is 15.5 Å². The molecule has 1 aromatic carbocycles. The van der Waals surface area contributed by atoms with Crippen molar-refractivity contribution >= 4 is 21.6 Å². The monoisotopic (exact) mass is 273 g/mol. The molecule has 0 aliphatic heterocycles. The van der Waals surface area contributed by atoms with Gasteiger partial charge in [0, 0.05) is 16.7 Å². The number of rotatable bonds is 5. The maximum Gasteiger partial charge on any atom is 0.0942 e. The van der Waals surface area contributed by atoms with Gasteiger partial charge in [-0.1, -0.05) is 22.9 Å². The number of hydrogen-bond donors (Lipinski definition) is 3. The predicted octanol–water partition coefficient (Wildman–Crippen LogP) is 1.78. The largest absolute Gasteiger partial charge is 0.394 e. The lowest BCUT2D eigenvalue weighted by Gasteiger charge is -2.13. The molecule has 4 heteroatoms. The van der Waals surface area contributed by atoms with Crippen LogP contribution in [-0.2, 0) is 6.42 Å². The molecule has 0 fully saturated rings. The summed E-state index contributed by atoms with van der Waals surface area (Å²) in [6.45, 7) is 2.23. The zero-order chi connectivity index (χ0) is 11.3. The van der Waals surface area contributed by atoms with Crippen LogP contribution in [0.15, 0.2) is 22.7 Å². The van der Waals surface area contributed by atoms with Crippen LogP contribution < -0.4 is 5.32 Å². The number of halogens is 1. The van der Waals surface area contributed by atoms with E-state index < -0.39 is 6.10 Å². The van der Waals surface area contributed by atoms with E-state index in [1.165, 1.54) is 5.56 Å². The van der Waals surface area contributed by atoms with Gasteiger partial charge >= 0.3 is 0 Å². The van der Waals surface area contributed by atoms with E-state index in [4.69, 9.17) is 5.11 Å². The summed E-state index contributed by atoms with van der Waals surface area (Å²) in [5.41, 5.74) is 2.20. The molecule has 15 heavy (non-hydrogen) atoms. The zero-order valence-corrected chi connectivity index (χ0v) is 10.3. The van der Waals surface area contributed by atoms with Crippen molar-refractivity contribution in [3.05, 3.63) is 28.2 Å². The molecular formula is C11H16BrNO2. The van der Waals surface area contributed by atoms with Crippen LogP contribution in [0.1, 0.15) is 12.5 Å². The van der Waals surface area contributed by atoms with E-state index in [2.05, 4.69) is 28.2 Å². The van der Waals surface area contributed by atoms with Crippen LogP contribution in [-0.4, -0.2) is 29.5 Å². The Labute approximate surface area is 98.3 Å². The van der Waals surface area contributed by atoms with E-state index >= 15 is 0 Å². The minimum absolute atomic E-state index is 0.217. The summed E-state index contributed by atoms with van der Waals surface area (Å²) in [6.07, 6.45) is 0.218. The molecule has 3 nitrogen and oxygen atoms in total. The van der Waals surface area contributed by atoms with Gasteiger partial charge in [0.1, 0.15) is 0 Å². The number of benzene rings is 1. The molecule has 0 heterocycles. The summed E-state index contributed by atoms with van der Waals surface area (Å²) in [5.74, 6) is 0. The third-order valence-electron chi connectivity index (χ3n) is 2.19. The van der Waals surface area contributed by atoms with E-state index in [0.717, 1.165) is 16.6 Å². The summed E-state index contributed by atoms with van der Waals surface area (Å²) in [7, 11) is 0. The van der Waals surface area contributed by atoms with Crippen LogP contribution >= 0.6 is 15.9 Å². The Hall–Kier alpha value is -0.580. The standard InChI is InChI=1S/C11H16BrNO2/c1-2-8-5-9(12)3-4-11(8)13-6-10(15)7-14/h3-5,10,13-15H,2,6-7H2,1H3. The van der Waals surface area contributed by atoms with Crippen molar-refractivity contribution in [2.45, 2.75) is 19.4 Å². The van der Waals surface area contributed by atoms with Gasteiger partial charge in [-0.3, -0.25) is 0 Å². The molecule has 0 saturated carbocycles. The van der Waals surface area contributed by atoms with Gasteiger partial charge in [-0.2, -0.15) is 0 Å². The summed E-state index contributed by atoms with van der Waals surface area (Å²) in [6, 6.07) is 5.97. The van der Waals surface area contributed by atoms with Gasteiger partial charge in [0.2, 0.25) is 0 Å². The lowest BCUT2D eigenvalue weighted by atomic mass is 10.1. The summed E-state index contributed by atoms with van der Waals surface area (Å²) >= 11 is 3.41. The van der Waals surface area contributed by atoms with Gasteiger partial charge in [0.15, 0.2) is 0 Å². The first-order valence-electron chi connectivity index (χ1n) is 4.98. The molecule has 1 unspecified atom stereocenters. The average Bonchev–Trinajstić information content (AvgIpc) is 2.26. The fraction of sp³-hybridized carbons (Fsp3) is 0.455. The Morgan fingerprint density at radius 1 is 1.47 bits per heavy atom. The normalized spacial score (nSPS) is 12.5. The first-order chi connectivity index (χ1) is 7.17. The van der Waals surface area contributed by atoms with E-state index in [1.807, 2.05) is 18.2 Å². The minimum atomic E-state index is -0.710. The summed E-state index contributed by atoms with van der Waals surface area (Å²) < 4.78 is 1.05. The minimum Gasteiger partial charge on any atom is -0.394 e. The summed E-state index contributed by atoms with van der Waals surface area (Å²) in [5, 5.41) is 21.0.